The van der Waals surface area contributed by atoms with E-state index >= 15 is 0 Å². The first-order chi connectivity index (χ1) is 10.00. The van der Waals surface area contributed by atoms with Gasteiger partial charge in [-0.15, -0.1) is 0 Å². The van der Waals surface area contributed by atoms with E-state index in [1.165, 1.54) is 18.3 Å². The average Bonchev–Trinajstić information content (AvgIpc) is 2.48. The minimum absolute atomic E-state index is 0.144. The Balaban J connectivity index is 2.16. The SMILES string of the molecule is Cc1ccc(S(=O)(=O)n2ccc3c(c2=O)CCCC3)cc1. The lowest BCUT2D eigenvalue weighted by molar-refractivity contribution is 0.583. The quantitative estimate of drug-likeness (QED) is 0.855. The van der Waals surface area contributed by atoms with Gasteiger partial charge in [0.05, 0.1) is 4.90 Å². The third kappa shape index (κ3) is 2.42. The highest BCUT2D eigenvalue weighted by molar-refractivity contribution is 7.90. The fraction of sp³-hybridized carbons (Fsp3) is 0.312. The van der Waals surface area contributed by atoms with Crippen molar-refractivity contribution in [2.45, 2.75) is 37.5 Å². The molecule has 0 aliphatic heterocycles. The Morgan fingerprint density at radius 3 is 2.38 bits per heavy atom. The number of aryl methyl sites for hydroxylation is 2. The first-order valence-corrected chi connectivity index (χ1v) is 8.50. The third-order valence-corrected chi connectivity index (χ3v) is 5.63. The van der Waals surface area contributed by atoms with Gasteiger partial charge in [-0.05, 0) is 56.4 Å². The van der Waals surface area contributed by atoms with Crippen molar-refractivity contribution in [2.24, 2.45) is 0 Å². The van der Waals surface area contributed by atoms with Crippen LogP contribution in [0.15, 0.2) is 46.2 Å². The summed E-state index contributed by atoms with van der Waals surface area (Å²) in [5.41, 5.74) is 2.22. The number of benzene rings is 1. The van der Waals surface area contributed by atoms with E-state index in [2.05, 4.69) is 0 Å². The smallest absolute Gasteiger partial charge is 0.268 e. The highest BCUT2D eigenvalue weighted by Crippen LogP contribution is 2.19. The van der Waals surface area contributed by atoms with Crippen LogP contribution in [0.2, 0.25) is 0 Å². The molecule has 0 fully saturated rings. The normalized spacial score (nSPS) is 14.7. The maximum absolute atomic E-state index is 12.6. The summed E-state index contributed by atoms with van der Waals surface area (Å²) >= 11 is 0. The van der Waals surface area contributed by atoms with Gasteiger partial charge in [0, 0.05) is 11.8 Å². The van der Waals surface area contributed by atoms with Gasteiger partial charge < -0.3 is 0 Å². The lowest BCUT2D eigenvalue weighted by atomic mass is 9.93. The lowest BCUT2D eigenvalue weighted by Crippen LogP contribution is -2.31. The van der Waals surface area contributed by atoms with Gasteiger partial charge in [0.15, 0.2) is 0 Å². The van der Waals surface area contributed by atoms with Crippen LogP contribution < -0.4 is 5.56 Å². The zero-order valence-corrected chi connectivity index (χ0v) is 12.7. The van der Waals surface area contributed by atoms with Gasteiger partial charge in [-0.2, -0.15) is 0 Å². The Labute approximate surface area is 124 Å². The molecule has 4 nitrogen and oxygen atoms in total. The van der Waals surface area contributed by atoms with Crippen LogP contribution in [0.1, 0.15) is 29.5 Å². The van der Waals surface area contributed by atoms with E-state index in [0.717, 1.165) is 34.4 Å². The van der Waals surface area contributed by atoms with Crippen molar-refractivity contribution in [2.75, 3.05) is 0 Å². The molecular formula is C16H17NO3S. The van der Waals surface area contributed by atoms with Gasteiger partial charge in [-0.3, -0.25) is 4.79 Å². The topological polar surface area (TPSA) is 56.1 Å². The number of fused-ring (bicyclic) bond motifs is 1. The second kappa shape index (κ2) is 5.15. The van der Waals surface area contributed by atoms with Crippen LogP contribution in [0, 0.1) is 6.92 Å². The Morgan fingerprint density at radius 1 is 1.00 bits per heavy atom. The summed E-state index contributed by atoms with van der Waals surface area (Å²) in [5, 5.41) is 0. The van der Waals surface area contributed by atoms with E-state index in [4.69, 9.17) is 0 Å². The molecule has 2 aromatic rings. The molecule has 0 amide bonds. The maximum Gasteiger partial charge on any atom is 0.270 e. The highest BCUT2D eigenvalue weighted by atomic mass is 32.2. The number of hydrogen-bond donors (Lipinski definition) is 0. The predicted octanol–water partition coefficient (Wildman–Crippen LogP) is 2.27. The van der Waals surface area contributed by atoms with Crippen molar-refractivity contribution in [3.8, 4) is 0 Å². The summed E-state index contributed by atoms with van der Waals surface area (Å²) in [6.45, 7) is 1.89. The van der Waals surface area contributed by atoms with Crippen molar-refractivity contribution in [1.82, 2.24) is 3.97 Å². The summed E-state index contributed by atoms with van der Waals surface area (Å²) in [6.07, 6.45) is 4.91. The Bertz CT molecular complexity index is 833. The third-order valence-electron chi connectivity index (χ3n) is 3.96. The largest absolute Gasteiger partial charge is 0.270 e. The van der Waals surface area contributed by atoms with Gasteiger partial charge in [0.1, 0.15) is 0 Å². The molecular weight excluding hydrogens is 286 g/mol. The van der Waals surface area contributed by atoms with Gasteiger partial charge in [0.2, 0.25) is 0 Å². The molecule has 1 heterocycles. The molecule has 3 rings (SSSR count). The van der Waals surface area contributed by atoms with E-state index in [9.17, 15) is 13.2 Å². The highest BCUT2D eigenvalue weighted by Gasteiger charge is 2.22. The molecule has 1 aromatic heterocycles. The van der Waals surface area contributed by atoms with Crippen LogP contribution >= 0.6 is 0 Å². The first kappa shape index (κ1) is 14.1. The van der Waals surface area contributed by atoms with Crippen molar-refractivity contribution in [3.63, 3.8) is 0 Å². The minimum Gasteiger partial charge on any atom is -0.268 e. The predicted molar refractivity (Wildman–Crippen MR) is 81.1 cm³/mol. The standard InChI is InChI=1S/C16H17NO3S/c1-12-6-8-14(9-7-12)21(19,20)17-11-10-13-4-2-3-5-15(13)16(17)18/h6-11H,2-5H2,1H3. The minimum atomic E-state index is -3.82. The monoisotopic (exact) mass is 303 g/mol. The van der Waals surface area contributed by atoms with Crippen LogP contribution in [0.3, 0.4) is 0 Å². The van der Waals surface area contributed by atoms with Gasteiger partial charge in [0.25, 0.3) is 15.6 Å². The summed E-state index contributed by atoms with van der Waals surface area (Å²) in [6, 6.07) is 8.31. The van der Waals surface area contributed by atoms with Crippen LogP contribution in [-0.2, 0) is 22.9 Å². The second-order valence-corrected chi connectivity index (χ2v) is 7.26. The molecule has 0 radical (unpaired) electrons. The zero-order chi connectivity index (χ0) is 15.0. The lowest BCUT2D eigenvalue weighted by Gasteiger charge is -2.17. The fourth-order valence-electron chi connectivity index (χ4n) is 2.73. The van der Waals surface area contributed by atoms with Gasteiger partial charge in [-0.25, -0.2) is 12.4 Å². The average molecular weight is 303 g/mol. The summed E-state index contributed by atoms with van der Waals surface area (Å²) in [4.78, 5) is 12.6. The molecule has 0 spiro atoms. The fourth-order valence-corrected chi connectivity index (χ4v) is 3.99. The maximum atomic E-state index is 12.6. The molecule has 1 aromatic carbocycles. The van der Waals surface area contributed by atoms with Crippen LogP contribution in [0.4, 0.5) is 0 Å². The molecule has 0 saturated heterocycles. The van der Waals surface area contributed by atoms with Gasteiger partial charge >= 0.3 is 0 Å². The van der Waals surface area contributed by atoms with Crippen molar-refractivity contribution in [1.29, 1.82) is 0 Å². The van der Waals surface area contributed by atoms with Crippen molar-refractivity contribution in [3.05, 3.63) is 63.6 Å². The molecule has 21 heavy (non-hydrogen) atoms. The number of rotatable bonds is 2. The molecule has 110 valence electrons. The van der Waals surface area contributed by atoms with E-state index in [-0.39, 0.29) is 4.90 Å². The van der Waals surface area contributed by atoms with Crippen LogP contribution in [-0.4, -0.2) is 12.4 Å². The Morgan fingerprint density at radius 2 is 1.67 bits per heavy atom. The number of nitrogens with zero attached hydrogens (tertiary/aromatic N) is 1. The van der Waals surface area contributed by atoms with Crippen molar-refractivity contribution >= 4 is 10.0 Å². The molecule has 0 atom stereocenters. The summed E-state index contributed by atoms with van der Waals surface area (Å²) in [5.74, 6) is 0. The molecule has 1 aliphatic carbocycles. The molecule has 0 bridgehead atoms. The number of hydrogen-bond acceptors (Lipinski definition) is 3. The molecule has 0 saturated carbocycles. The molecule has 5 heteroatoms. The zero-order valence-electron chi connectivity index (χ0n) is 11.9. The number of pyridine rings is 1. The van der Waals surface area contributed by atoms with E-state index in [1.54, 1.807) is 18.2 Å². The van der Waals surface area contributed by atoms with Crippen molar-refractivity contribution < 1.29 is 8.42 Å². The van der Waals surface area contributed by atoms with Crippen LogP contribution in [0.5, 0.6) is 0 Å². The molecule has 0 N–H and O–H groups in total. The van der Waals surface area contributed by atoms with E-state index < -0.39 is 15.6 Å². The summed E-state index contributed by atoms with van der Waals surface area (Å²) in [7, 11) is -3.82. The van der Waals surface area contributed by atoms with Gasteiger partial charge in [-0.1, -0.05) is 17.7 Å². The molecule has 0 unspecified atom stereocenters. The Hall–Kier alpha value is -1.88. The summed E-state index contributed by atoms with van der Waals surface area (Å²) < 4.78 is 26.1. The molecule has 1 aliphatic rings. The Kier molecular flexibility index (Phi) is 3.45. The van der Waals surface area contributed by atoms with E-state index in [1.807, 2.05) is 6.92 Å². The number of aromatic nitrogens is 1. The first-order valence-electron chi connectivity index (χ1n) is 7.06. The van der Waals surface area contributed by atoms with Crippen LogP contribution in [0.25, 0.3) is 0 Å². The van der Waals surface area contributed by atoms with E-state index in [0.29, 0.717) is 12.0 Å². The second-order valence-electron chi connectivity index (χ2n) is 5.45.